The van der Waals surface area contributed by atoms with E-state index in [4.69, 9.17) is 0 Å². The van der Waals surface area contributed by atoms with Crippen molar-refractivity contribution in [2.24, 2.45) is 5.92 Å². The van der Waals surface area contributed by atoms with Crippen LogP contribution in [0, 0.1) is 5.92 Å². The van der Waals surface area contributed by atoms with Crippen molar-refractivity contribution in [1.29, 1.82) is 0 Å². The van der Waals surface area contributed by atoms with Crippen molar-refractivity contribution < 1.29 is 9.59 Å². The van der Waals surface area contributed by atoms with E-state index in [1.165, 1.54) is 0 Å². The van der Waals surface area contributed by atoms with E-state index in [0.29, 0.717) is 11.5 Å². The van der Waals surface area contributed by atoms with E-state index in [9.17, 15) is 9.59 Å². The van der Waals surface area contributed by atoms with Gasteiger partial charge >= 0.3 is 0 Å². The highest BCUT2D eigenvalue weighted by Crippen LogP contribution is 2.01. The number of hydrogen-bond donors (Lipinski definition) is 1. The summed E-state index contributed by atoms with van der Waals surface area (Å²) in [5, 5.41) is 2.91. The van der Waals surface area contributed by atoms with Gasteiger partial charge in [-0.1, -0.05) is 13.8 Å². The third kappa shape index (κ3) is 3.53. The molecule has 1 atom stereocenters. The summed E-state index contributed by atoms with van der Waals surface area (Å²) < 4.78 is 1.70. The maximum Gasteiger partial charge on any atom is 0.240 e. The largest absolute Gasteiger partial charge is 0.352 e. The number of aldehydes is 1. The monoisotopic (exact) mass is 222 g/mol. The molecule has 0 aliphatic rings. The van der Waals surface area contributed by atoms with Crippen LogP contribution in [0.5, 0.6) is 0 Å². The molecule has 16 heavy (non-hydrogen) atoms. The van der Waals surface area contributed by atoms with E-state index < -0.39 is 0 Å². The number of hydrogen-bond acceptors (Lipinski definition) is 2. The molecule has 1 aromatic heterocycles. The van der Waals surface area contributed by atoms with E-state index in [1.54, 1.807) is 23.0 Å². The Morgan fingerprint density at radius 1 is 1.50 bits per heavy atom. The van der Waals surface area contributed by atoms with Crippen molar-refractivity contribution in [2.75, 3.05) is 0 Å². The molecule has 1 heterocycles. The van der Waals surface area contributed by atoms with Crippen molar-refractivity contribution in [3.05, 3.63) is 24.0 Å². The Hall–Kier alpha value is -1.58. The van der Waals surface area contributed by atoms with Crippen LogP contribution in [0.25, 0.3) is 0 Å². The summed E-state index contributed by atoms with van der Waals surface area (Å²) in [5.41, 5.74) is 0.588. The minimum absolute atomic E-state index is 0.0331. The fraction of sp³-hybridized carbons (Fsp3) is 0.500. The Morgan fingerprint density at radius 2 is 2.19 bits per heavy atom. The second kappa shape index (κ2) is 5.49. The summed E-state index contributed by atoms with van der Waals surface area (Å²) >= 11 is 0. The lowest BCUT2D eigenvalue weighted by atomic mass is 10.1. The summed E-state index contributed by atoms with van der Waals surface area (Å²) in [4.78, 5) is 22.1. The summed E-state index contributed by atoms with van der Waals surface area (Å²) in [6, 6.07) is 1.85. The molecule has 88 valence electrons. The third-order valence-corrected chi connectivity index (χ3v) is 2.62. The average molecular weight is 222 g/mol. The Balaban J connectivity index is 2.48. The van der Waals surface area contributed by atoms with Gasteiger partial charge in [0.15, 0.2) is 6.29 Å². The second-order valence-corrected chi connectivity index (χ2v) is 4.34. The lowest BCUT2D eigenvalue weighted by Crippen LogP contribution is -2.37. The minimum atomic E-state index is -0.0331. The van der Waals surface area contributed by atoms with E-state index in [0.717, 1.165) is 6.29 Å². The lowest BCUT2D eigenvalue weighted by molar-refractivity contribution is -0.122. The smallest absolute Gasteiger partial charge is 0.240 e. The van der Waals surface area contributed by atoms with E-state index >= 15 is 0 Å². The molecular weight excluding hydrogens is 204 g/mol. The molecule has 0 aromatic carbocycles. The second-order valence-electron chi connectivity index (χ2n) is 4.34. The first kappa shape index (κ1) is 12.5. The predicted octanol–water partition coefficient (Wildman–Crippen LogP) is 1.46. The number of carbonyl (C=O) groups is 2. The van der Waals surface area contributed by atoms with Crippen molar-refractivity contribution in [2.45, 2.75) is 33.4 Å². The fourth-order valence-corrected chi connectivity index (χ4v) is 1.26. The molecule has 1 unspecified atom stereocenters. The van der Waals surface area contributed by atoms with Crippen molar-refractivity contribution in [1.82, 2.24) is 9.88 Å². The Morgan fingerprint density at radius 3 is 2.69 bits per heavy atom. The number of nitrogens with one attached hydrogen (secondary N) is 1. The van der Waals surface area contributed by atoms with Gasteiger partial charge in [0.2, 0.25) is 5.91 Å². The molecule has 0 saturated heterocycles. The number of rotatable bonds is 5. The predicted molar refractivity (Wildman–Crippen MR) is 62.3 cm³/mol. The highest BCUT2D eigenvalue weighted by Gasteiger charge is 2.10. The van der Waals surface area contributed by atoms with Crippen LogP contribution in [0.1, 0.15) is 31.1 Å². The van der Waals surface area contributed by atoms with Crippen LogP contribution in [0.3, 0.4) is 0 Å². The maximum absolute atomic E-state index is 11.6. The summed E-state index contributed by atoms with van der Waals surface area (Å²) in [6.07, 6.45) is 4.15. The maximum atomic E-state index is 11.6. The Labute approximate surface area is 95.6 Å². The molecule has 4 heteroatoms. The van der Waals surface area contributed by atoms with E-state index in [1.807, 2.05) is 6.92 Å². The molecule has 0 bridgehead atoms. The van der Waals surface area contributed by atoms with E-state index in [2.05, 4.69) is 19.2 Å². The molecular formula is C12H18N2O2. The average Bonchev–Trinajstić information content (AvgIpc) is 2.65. The molecule has 1 amide bonds. The molecule has 1 aromatic rings. The number of carbonyl (C=O) groups excluding carboxylic acids is 2. The zero-order valence-electron chi connectivity index (χ0n) is 9.93. The van der Waals surface area contributed by atoms with Crippen molar-refractivity contribution in [3.63, 3.8) is 0 Å². The SMILES string of the molecule is CC(C)C(C)NC(=O)Cn1ccc(C=O)c1. The van der Waals surface area contributed by atoms with Gasteiger partial charge in [0.1, 0.15) is 6.54 Å². The topological polar surface area (TPSA) is 51.1 Å². The Bertz CT molecular complexity index is 369. The summed E-state index contributed by atoms with van der Waals surface area (Å²) in [5.74, 6) is 0.383. The van der Waals surface area contributed by atoms with Gasteiger partial charge in [0, 0.05) is 24.0 Å². The standard InChI is InChI=1S/C12H18N2O2/c1-9(2)10(3)13-12(16)7-14-5-4-11(6-14)8-15/h4-6,8-10H,7H2,1-3H3,(H,13,16). The minimum Gasteiger partial charge on any atom is -0.352 e. The molecule has 0 aliphatic heterocycles. The van der Waals surface area contributed by atoms with Crippen LogP contribution >= 0.6 is 0 Å². The van der Waals surface area contributed by atoms with Crippen molar-refractivity contribution >= 4 is 12.2 Å². The molecule has 1 rings (SSSR count). The van der Waals surface area contributed by atoms with Gasteiger partial charge in [-0.15, -0.1) is 0 Å². The molecule has 0 spiro atoms. The fourth-order valence-electron chi connectivity index (χ4n) is 1.26. The molecule has 0 aliphatic carbocycles. The highest BCUT2D eigenvalue weighted by molar-refractivity contribution is 5.77. The highest BCUT2D eigenvalue weighted by atomic mass is 16.2. The molecule has 0 radical (unpaired) electrons. The number of nitrogens with zero attached hydrogens (tertiary/aromatic N) is 1. The van der Waals surface area contributed by atoms with Crippen LogP contribution in [0.2, 0.25) is 0 Å². The van der Waals surface area contributed by atoms with E-state index in [-0.39, 0.29) is 18.5 Å². The van der Waals surface area contributed by atoms with Crippen LogP contribution in [0.4, 0.5) is 0 Å². The van der Waals surface area contributed by atoms with Gasteiger partial charge in [-0.25, -0.2) is 0 Å². The first-order chi connectivity index (χ1) is 7.52. The van der Waals surface area contributed by atoms with Gasteiger partial charge in [0.25, 0.3) is 0 Å². The zero-order chi connectivity index (χ0) is 12.1. The number of amides is 1. The van der Waals surface area contributed by atoms with Gasteiger partial charge in [-0.2, -0.15) is 0 Å². The molecule has 0 fully saturated rings. The van der Waals surface area contributed by atoms with Crippen LogP contribution < -0.4 is 5.32 Å². The quantitative estimate of drug-likeness (QED) is 0.767. The lowest BCUT2D eigenvalue weighted by Gasteiger charge is -2.17. The van der Waals surface area contributed by atoms with Gasteiger partial charge in [-0.05, 0) is 18.9 Å². The molecule has 1 N–H and O–H groups in total. The molecule has 4 nitrogen and oxygen atoms in total. The van der Waals surface area contributed by atoms with Crippen LogP contribution in [0.15, 0.2) is 18.5 Å². The third-order valence-electron chi connectivity index (χ3n) is 2.62. The van der Waals surface area contributed by atoms with Crippen LogP contribution in [-0.2, 0) is 11.3 Å². The van der Waals surface area contributed by atoms with Gasteiger partial charge in [-0.3, -0.25) is 9.59 Å². The van der Waals surface area contributed by atoms with Gasteiger partial charge in [0.05, 0.1) is 0 Å². The molecule has 0 saturated carbocycles. The van der Waals surface area contributed by atoms with Gasteiger partial charge < -0.3 is 9.88 Å². The summed E-state index contributed by atoms with van der Waals surface area (Å²) in [6.45, 7) is 6.36. The normalized spacial score (nSPS) is 12.5. The number of aromatic nitrogens is 1. The Kier molecular flexibility index (Phi) is 4.28. The zero-order valence-corrected chi connectivity index (χ0v) is 9.93. The summed E-state index contributed by atoms with van der Waals surface area (Å²) in [7, 11) is 0. The van der Waals surface area contributed by atoms with Crippen molar-refractivity contribution in [3.8, 4) is 0 Å². The first-order valence-corrected chi connectivity index (χ1v) is 5.43. The van der Waals surface area contributed by atoms with Crippen LogP contribution in [-0.4, -0.2) is 22.8 Å². The first-order valence-electron chi connectivity index (χ1n) is 5.43.